The van der Waals surface area contributed by atoms with E-state index in [0.29, 0.717) is 17.4 Å². The Bertz CT molecular complexity index is 653. The topological polar surface area (TPSA) is 127 Å². The molecule has 1 fully saturated rings. The quantitative estimate of drug-likeness (QED) is 0.345. The van der Waals surface area contributed by atoms with Crippen molar-refractivity contribution in [3.63, 3.8) is 0 Å². The highest BCUT2D eigenvalue weighted by atomic mass is 35.5. The molecular weight excluding hydrogens is 380 g/mol. The van der Waals surface area contributed by atoms with Crippen LogP contribution in [0.2, 0.25) is 0 Å². The number of primary amides is 1. The van der Waals surface area contributed by atoms with Crippen LogP contribution in [0.1, 0.15) is 29.6 Å². The average molecular weight is 403 g/mol. The molecule has 0 aromatic heterocycles. The van der Waals surface area contributed by atoms with Gasteiger partial charge in [0, 0.05) is 18.2 Å². The summed E-state index contributed by atoms with van der Waals surface area (Å²) in [6.07, 6.45) is 3.27. The average Bonchev–Trinajstić information content (AvgIpc) is 2.60. The monoisotopic (exact) mass is 402 g/mol. The SMILES string of the molecule is Cl.NC(=O)c1ccc(SCC(=O)NCCC2CCCNC2)c([N+](=O)[O-])c1. The zero-order valence-electron chi connectivity index (χ0n) is 14.2. The minimum absolute atomic E-state index is 0. The molecule has 0 aliphatic carbocycles. The Morgan fingerprint density at radius 1 is 1.42 bits per heavy atom. The van der Waals surface area contributed by atoms with Crippen LogP contribution >= 0.6 is 24.2 Å². The largest absolute Gasteiger partial charge is 0.366 e. The Morgan fingerprint density at radius 3 is 2.81 bits per heavy atom. The van der Waals surface area contributed by atoms with Gasteiger partial charge < -0.3 is 16.4 Å². The van der Waals surface area contributed by atoms with Gasteiger partial charge in [-0.25, -0.2) is 0 Å². The van der Waals surface area contributed by atoms with Crippen LogP contribution in [0.15, 0.2) is 23.1 Å². The van der Waals surface area contributed by atoms with Crippen molar-refractivity contribution in [2.45, 2.75) is 24.2 Å². The first-order chi connectivity index (χ1) is 12.0. The Hall–Kier alpha value is -1.84. The lowest BCUT2D eigenvalue weighted by molar-refractivity contribution is -0.387. The highest BCUT2D eigenvalue weighted by molar-refractivity contribution is 8.00. The van der Waals surface area contributed by atoms with Crippen LogP contribution in [-0.4, -0.2) is 42.1 Å². The second-order valence-corrected chi connectivity index (χ2v) is 6.96. The number of carbonyl (C=O) groups excluding carboxylic acids is 2. The molecule has 2 rings (SSSR count). The Labute approximate surface area is 162 Å². The summed E-state index contributed by atoms with van der Waals surface area (Å²) in [5, 5.41) is 17.3. The molecule has 1 aromatic rings. The van der Waals surface area contributed by atoms with Gasteiger partial charge in [-0.2, -0.15) is 0 Å². The van der Waals surface area contributed by atoms with Gasteiger partial charge in [-0.3, -0.25) is 19.7 Å². The molecule has 10 heteroatoms. The molecule has 1 unspecified atom stereocenters. The van der Waals surface area contributed by atoms with Gasteiger partial charge >= 0.3 is 0 Å². The summed E-state index contributed by atoms with van der Waals surface area (Å²) in [6.45, 7) is 2.66. The number of hydrogen-bond donors (Lipinski definition) is 3. The van der Waals surface area contributed by atoms with Gasteiger partial charge in [0.2, 0.25) is 11.8 Å². The number of thioether (sulfide) groups is 1. The van der Waals surface area contributed by atoms with Gasteiger partial charge in [0.25, 0.3) is 5.69 Å². The van der Waals surface area contributed by atoms with Crippen molar-refractivity contribution in [3.8, 4) is 0 Å². The van der Waals surface area contributed by atoms with Crippen molar-refractivity contribution in [1.82, 2.24) is 10.6 Å². The van der Waals surface area contributed by atoms with E-state index in [1.54, 1.807) is 0 Å². The van der Waals surface area contributed by atoms with E-state index in [1.807, 2.05) is 0 Å². The summed E-state index contributed by atoms with van der Waals surface area (Å²) >= 11 is 1.07. The van der Waals surface area contributed by atoms with E-state index in [1.165, 1.54) is 25.0 Å². The summed E-state index contributed by atoms with van der Waals surface area (Å²) in [5.74, 6) is -0.222. The molecule has 0 saturated carbocycles. The van der Waals surface area contributed by atoms with Crippen LogP contribution < -0.4 is 16.4 Å². The van der Waals surface area contributed by atoms with Crippen LogP contribution in [0.4, 0.5) is 5.69 Å². The minimum Gasteiger partial charge on any atom is -0.366 e. The second-order valence-electron chi connectivity index (χ2n) is 5.94. The van der Waals surface area contributed by atoms with E-state index < -0.39 is 10.8 Å². The van der Waals surface area contributed by atoms with Gasteiger partial charge in [-0.1, -0.05) is 0 Å². The smallest absolute Gasteiger partial charge is 0.283 e. The molecule has 0 bridgehead atoms. The van der Waals surface area contributed by atoms with Gasteiger partial charge in [0.1, 0.15) is 0 Å². The summed E-state index contributed by atoms with van der Waals surface area (Å²) in [6, 6.07) is 4.01. The molecular formula is C16H23ClN4O4S. The van der Waals surface area contributed by atoms with Gasteiger partial charge in [-0.05, 0) is 50.4 Å². The van der Waals surface area contributed by atoms with E-state index in [-0.39, 0.29) is 35.3 Å². The number of rotatable bonds is 8. The summed E-state index contributed by atoms with van der Waals surface area (Å²) < 4.78 is 0. The molecule has 1 aliphatic heterocycles. The second kappa shape index (κ2) is 11.0. The first-order valence-electron chi connectivity index (χ1n) is 8.16. The van der Waals surface area contributed by atoms with E-state index in [9.17, 15) is 19.7 Å². The predicted molar refractivity (Wildman–Crippen MR) is 103 cm³/mol. The standard InChI is InChI=1S/C16H22N4O4S.ClH/c17-16(22)12-3-4-14(13(8-12)20(23)24)25-10-15(21)19-7-5-11-2-1-6-18-9-11;/h3-4,8,11,18H,1-2,5-7,9-10H2,(H2,17,22)(H,19,21);1H. The lowest BCUT2D eigenvalue weighted by Gasteiger charge is -2.22. The first kappa shape index (κ1) is 22.2. The highest BCUT2D eigenvalue weighted by Gasteiger charge is 2.18. The van der Waals surface area contributed by atoms with Crippen LogP contribution in [0.3, 0.4) is 0 Å². The number of amides is 2. The first-order valence-corrected chi connectivity index (χ1v) is 9.14. The lowest BCUT2D eigenvalue weighted by Crippen LogP contribution is -2.33. The third-order valence-electron chi connectivity index (χ3n) is 4.07. The number of nitrogens with two attached hydrogens (primary N) is 1. The van der Waals surface area contributed by atoms with Crippen LogP contribution in [0, 0.1) is 16.0 Å². The molecule has 0 spiro atoms. The summed E-state index contributed by atoms with van der Waals surface area (Å²) in [7, 11) is 0. The third-order valence-corrected chi connectivity index (χ3v) is 5.14. The fourth-order valence-electron chi connectivity index (χ4n) is 2.72. The van der Waals surface area contributed by atoms with E-state index in [4.69, 9.17) is 5.73 Å². The fraction of sp³-hybridized carbons (Fsp3) is 0.500. The highest BCUT2D eigenvalue weighted by Crippen LogP contribution is 2.29. The number of piperidine rings is 1. The van der Waals surface area contributed by atoms with Crippen molar-refractivity contribution < 1.29 is 14.5 Å². The van der Waals surface area contributed by atoms with Crippen LogP contribution in [-0.2, 0) is 4.79 Å². The molecule has 1 aromatic carbocycles. The van der Waals surface area contributed by atoms with Crippen LogP contribution in [0.25, 0.3) is 0 Å². The lowest BCUT2D eigenvalue weighted by atomic mass is 9.96. The number of nitro benzene ring substituents is 1. The van der Waals surface area contributed by atoms with Crippen molar-refractivity contribution >= 4 is 41.7 Å². The van der Waals surface area contributed by atoms with Gasteiger partial charge in [0.15, 0.2) is 0 Å². The molecule has 1 aliphatic rings. The molecule has 0 radical (unpaired) electrons. The Balaban J connectivity index is 0.00000338. The minimum atomic E-state index is -0.727. The number of halogens is 1. The summed E-state index contributed by atoms with van der Waals surface area (Å²) in [5.41, 5.74) is 4.99. The Morgan fingerprint density at radius 2 is 2.19 bits per heavy atom. The molecule has 8 nitrogen and oxygen atoms in total. The van der Waals surface area contributed by atoms with Gasteiger partial charge in [0.05, 0.1) is 15.6 Å². The number of carbonyl (C=O) groups is 2. The van der Waals surface area contributed by atoms with Crippen molar-refractivity contribution in [2.75, 3.05) is 25.4 Å². The third kappa shape index (κ3) is 6.81. The van der Waals surface area contributed by atoms with E-state index >= 15 is 0 Å². The molecule has 4 N–H and O–H groups in total. The molecule has 1 saturated heterocycles. The maximum atomic E-state index is 11.9. The summed E-state index contributed by atoms with van der Waals surface area (Å²) in [4.78, 5) is 33.9. The molecule has 2 amide bonds. The van der Waals surface area contributed by atoms with Crippen molar-refractivity contribution in [1.29, 1.82) is 0 Å². The maximum Gasteiger partial charge on any atom is 0.283 e. The predicted octanol–water partition coefficient (Wildman–Crippen LogP) is 1.71. The van der Waals surface area contributed by atoms with Crippen LogP contribution in [0.5, 0.6) is 0 Å². The number of benzene rings is 1. The zero-order valence-corrected chi connectivity index (χ0v) is 15.9. The number of hydrogen-bond acceptors (Lipinski definition) is 6. The molecule has 1 atom stereocenters. The van der Waals surface area contributed by atoms with Crippen molar-refractivity contribution in [2.24, 2.45) is 11.7 Å². The number of nitro groups is 1. The van der Waals surface area contributed by atoms with E-state index in [0.717, 1.165) is 37.3 Å². The number of nitrogens with one attached hydrogen (secondary N) is 2. The normalized spacial score (nSPS) is 16.4. The molecule has 1 heterocycles. The molecule has 144 valence electrons. The maximum absolute atomic E-state index is 11.9. The zero-order chi connectivity index (χ0) is 18.2. The fourth-order valence-corrected chi connectivity index (χ4v) is 3.55. The molecule has 26 heavy (non-hydrogen) atoms. The van der Waals surface area contributed by atoms with Gasteiger partial charge in [-0.15, -0.1) is 24.2 Å². The Kier molecular flexibility index (Phi) is 9.39. The van der Waals surface area contributed by atoms with E-state index in [2.05, 4.69) is 10.6 Å². The van der Waals surface area contributed by atoms with Crippen molar-refractivity contribution in [3.05, 3.63) is 33.9 Å². The number of nitrogens with zero attached hydrogens (tertiary/aromatic N) is 1.